The van der Waals surface area contributed by atoms with E-state index in [1.807, 2.05) is 12.1 Å². The summed E-state index contributed by atoms with van der Waals surface area (Å²) in [5.41, 5.74) is 0.661. The van der Waals surface area contributed by atoms with E-state index < -0.39 is 0 Å². The number of hydrogen-bond donors (Lipinski definition) is 1. The first-order chi connectivity index (χ1) is 10.3. The monoisotopic (exact) mass is 291 g/mol. The fraction of sp³-hybridized carbons (Fsp3) is 0.588. The highest BCUT2D eigenvalue weighted by atomic mass is 16.5. The molecule has 4 heteroatoms. The quantitative estimate of drug-likeness (QED) is 0.748. The first-order valence-corrected chi connectivity index (χ1v) is 7.92. The number of ether oxygens (including phenoxy) is 2. The minimum atomic E-state index is -0.0527. The molecule has 1 heterocycles. The fourth-order valence-corrected chi connectivity index (χ4v) is 2.36. The Labute approximate surface area is 126 Å². The Bertz CT molecular complexity index is 424. The highest BCUT2D eigenvalue weighted by Crippen LogP contribution is 2.14. The van der Waals surface area contributed by atoms with Crippen LogP contribution in [0.25, 0.3) is 0 Å². The molecule has 1 unspecified atom stereocenters. The first kappa shape index (κ1) is 15.8. The molecule has 0 spiro atoms. The zero-order valence-corrected chi connectivity index (χ0v) is 12.8. The number of carbonyl (C=O) groups is 1. The summed E-state index contributed by atoms with van der Waals surface area (Å²) in [5, 5.41) is 2.92. The van der Waals surface area contributed by atoms with Gasteiger partial charge in [-0.3, -0.25) is 4.79 Å². The van der Waals surface area contributed by atoms with Crippen LogP contribution < -0.4 is 10.1 Å². The Hall–Kier alpha value is -1.55. The van der Waals surface area contributed by atoms with E-state index in [0.29, 0.717) is 12.1 Å². The molecule has 116 valence electrons. The lowest BCUT2D eigenvalue weighted by atomic mass is 10.2. The number of benzene rings is 1. The average Bonchev–Trinajstić information content (AvgIpc) is 3.03. The zero-order valence-electron chi connectivity index (χ0n) is 12.8. The van der Waals surface area contributed by atoms with Gasteiger partial charge < -0.3 is 14.8 Å². The van der Waals surface area contributed by atoms with Crippen LogP contribution in [0.5, 0.6) is 5.75 Å². The van der Waals surface area contributed by atoms with Crippen molar-refractivity contribution in [2.75, 3.05) is 19.8 Å². The number of carbonyl (C=O) groups excluding carboxylic acids is 1. The van der Waals surface area contributed by atoms with Crippen molar-refractivity contribution in [3.8, 4) is 5.75 Å². The van der Waals surface area contributed by atoms with Crippen LogP contribution in [0.2, 0.25) is 0 Å². The molecule has 0 aliphatic carbocycles. The maximum atomic E-state index is 12.0. The van der Waals surface area contributed by atoms with Crippen molar-refractivity contribution in [1.82, 2.24) is 5.32 Å². The van der Waals surface area contributed by atoms with Gasteiger partial charge in [0.1, 0.15) is 5.75 Å². The van der Waals surface area contributed by atoms with Crippen LogP contribution in [0, 0.1) is 0 Å². The molecule has 1 fully saturated rings. The highest BCUT2D eigenvalue weighted by Gasteiger charge is 2.16. The van der Waals surface area contributed by atoms with E-state index in [4.69, 9.17) is 9.47 Å². The lowest BCUT2D eigenvalue weighted by Crippen LogP contribution is -2.31. The molecule has 1 aromatic carbocycles. The standard InChI is InChI=1S/C17H25NO3/c1-2-3-4-11-20-15-9-7-14(8-10-15)17(19)18-13-16-6-5-12-21-16/h7-10,16H,2-6,11-13H2,1H3,(H,18,19). The van der Waals surface area contributed by atoms with Gasteiger partial charge in [0, 0.05) is 18.7 Å². The topological polar surface area (TPSA) is 47.6 Å². The van der Waals surface area contributed by atoms with E-state index in [1.54, 1.807) is 12.1 Å². The maximum absolute atomic E-state index is 12.0. The lowest BCUT2D eigenvalue weighted by Gasteiger charge is -2.11. The zero-order chi connectivity index (χ0) is 14.9. The summed E-state index contributed by atoms with van der Waals surface area (Å²) in [7, 11) is 0. The molecule has 0 saturated carbocycles. The van der Waals surface area contributed by atoms with Crippen molar-refractivity contribution < 1.29 is 14.3 Å². The fourth-order valence-electron chi connectivity index (χ4n) is 2.36. The smallest absolute Gasteiger partial charge is 0.251 e. The molecule has 0 bridgehead atoms. The van der Waals surface area contributed by atoms with Crippen LogP contribution in [-0.4, -0.2) is 31.8 Å². The van der Waals surface area contributed by atoms with Crippen molar-refractivity contribution in [3.63, 3.8) is 0 Å². The Morgan fingerprint density at radius 1 is 1.33 bits per heavy atom. The average molecular weight is 291 g/mol. The third-order valence-corrected chi connectivity index (χ3v) is 3.65. The summed E-state index contributed by atoms with van der Waals surface area (Å²) >= 11 is 0. The van der Waals surface area contributed by atoms with E-state index in [1.165, 1.54) is 12.8 Å². The molecule has 1 aliphatic heterocycles. The summed E-state index contributed by atoms with van der Waals surface area (Å²) in [6, 6.07) is 7.32. The maximum Gasteiger partial charge on any atom is 0.251 e. The summed E-state index contributed by atoms with van der Waals surface area (Å²) in [4.78, 5) is 12.0. The predicted molar refractivity (Wildman–Crippen MR) is 82.8 cm³/mol. The van der Waals surface area contributed by atoms with Gasteiger partial charge in [-0.1, -0.05) is 19.8 Å². The van der Waals surface area contributed by atoms with E-state index in [2.05, 4.69) is 12.2 Å². The van der Waals surface area contributed by atoms with Gasteiger partial charge in [0.2, 0.25) is 0 Å². The second-order valence-corrected chi connectivity index (χ2v) is 5.42. The molecular weight excluding hydrogens is 266 g/mol. The van der Waals surface area contributed by atoms with Gasteiger partial charge in [-0.05, 0) is 43.5 Å². The lowest BCUT2D eigenvalue weighted by molar-refractivity contribution is 0.0857. The molecule has 4 nitrogen and oxygen atoms in total. The van der Waals surface area contributed by atoms with E-state index in [0.717, 1.165) is 38.2 Å². The van der Waals surface area contributed by atoms with E-state index in [-0.39, 0.29) is 12.0 Å². The van der Waals surface area contributed by atoms with Crippen molar-refractivity contribution in [1.29, 1.82) is 0 Å². The Kier molecular flexibility index (Phi) is 6.54. The van der Waals surface area contributed by atoms with Crippen LogP contribution in [-0.2, 0) is 4.74 Å². The SMILES string of the molecule is CCCCCOc1ccc(C(=O)NCC2CCCO2)cc1. The molecule has 1 aliphatic rings. The largest absolute Gasteiger partial charge is 0.494 e. The van der Waals surface area contributed by atoms with E-state index in [9.17, 15) is 4.79 Å². The van der Waals surface area contributed by atoms with Gasteiger partial charge in [-0.25, -0.2) is 0 Å². The highest BCUT2D eigenvalue weighted by molar-refractivity contribution is 5.94. The van der Waals surface area contributed by atoms with Gasteiger partial charge >= 0.3 is 0 Å². The van der Waals surface area contributed by atoms with Gasteiger partial charge in [0.15, 0.2) is 0 Å². The second-order valence-electron chi connectivity index (χ2n) is 5.42. The van der Waals surface area contributed by atoms with Gasteiger partial charge in [-0.15, -0.1) is 0 Å². The van der Waals surface area contributed by atoms with Crippen molar-refractivity contribution in [3.05, 3.63) is 29.8 Å². The normalized spacial score (nSPS) is 17.7. The summed E-state index contributed by atoms with van der Waals surface area (Å²) < 4.78 is 11.1. The van der Waals surface area contributed by atoms with Crippen molar-refractivity contribution in [2.45, 2.75) is 45.1 Å². The number of hydrogen-bond acceptors (Lipinski definition) is 3. The second kappa shape index (κ2) is 8.67. The number of amides is 1. The molecule has 1 amide bonds. The molecule has 1 saturated heterocycles. The third kappa shape index (κ3) is 5.38. The molecule has 0 radical (unpaired) electrons. The van der Waals surface area contributed by atoms with Crippen molar-refractivity contribution >= 4 is 5.91 Å². The third-order valence-electron chi connectivity index (χ3n) is 3.65. The Balaban J connectivity index is 1.73. The minimum absolute atomic E-state index is 0.0527. The summed E-state index contributed by atoms with van der Waals surface area (Å²) in [6.07, 6.45) is 5.74. The van der Waals surface area contributed by atoms with E-state index >= 15 is 0 Å². The van der Waals surface area contributed by atoms with Gasteiger partial charge in [0.05, 0.1) is 12.7 Å². The first-order valence-electron chi connectivity index (χ1n) is 7.92. The molecular formula is C17H25NO3. The number of rotatable bonds is 8. The predicted octanol–water partition coefficient (Wildman–Crippen LogP) is 3.16. The molecule has 1 N–H and O–H groups in total. The molecule has 0 aromatic heterocycles. The molecule has 1 aromatic rings. The van der Waals surface area contributed by atoms with Crippen LogP contribution in [0.1, 0.15) is 49.4 Å². The molecule has 1 atom stereocenters. The molecule has 2 rings (SSSR count). The number of unbranched alkanes of at least 4 members (excludes halogenated alkanes) is 2. The Morgan fingerprint density at radius 3 is 2.81 bits per heavy atom. The van der Waals surface area contributed by atoms with Crippen molar-refractivity contribution in [2.24, 2.45) is 0 Å². The number of nitrogens with one attached hydrogen (secondary N) is 1. The van der Waals surface area contributed by atoms with Crippen LogP contribution in [0.15, 0.2) is 24.3 Å². The minimum Gasteiger partial charge on any atom is -0.494 e. The van der Waals surface area contributed by atoms with Gasteiger partial charge in [0.25, 0.3) is 5.91 Å². The molecule has 21 heavy (non-hydrogen) atoms. The Morgan fingerprint density at radius 2 is 2.14 bits per heavy atom. The summed E-state index contributed by atoms with van der Waals surface area (Å²) in [5.74, 6) is 0.768. The van der Waals surface area contributed by atoms with Crippen LogP contribution in [0.3, 0.4) is 0 Å². The van der Waals surface area contributed by atoms with Gasteiger partial charge in [-0.2, -0.15) is 0 Å². The summed E-state index contributed by atoms with van der Waals surface area (Å²) in [6.45, 7) is 4.31. The van der Waals surface area contributed by atoms with Crippen LogP contribution >= 0.6 is 0 Å². The van der Waals surface area contributed by atoms with Crippen LogP contribution in [0.4, 0.5) is 0 Å².